The molecule has 0 spiro atoms. The highest BCUT2D eigenvalue weighted by atomic mass is 16.5. The zero-order valence-corrected chi connectivity index (χ0v) is 17.2. The van der Waals surface area contributed by atoms with Gasteiger partial charge in [-0.2, -0.15) is 0 Å². The average molecular weight is 430 g/mol. The molecule has 0 aromatic heterocycles. The molecule has 162 valence electrons. The molecule has 1 aliphatic rings. The lowest BCUT2D eigenvalue weighted by molar-refractivity contribution is -0.119. The van der Waals surface area contributed by atoms with E-state index < -0.39 is 18.5 Å². The first-order chi connectivity index (χ1) is 15.6. The molecule has 0 radical (unpaired) electrons. The molecule has 1 fully saturated rings. The maximum absolute atomic E-state index is 12.4. The molecular formula is C25H22N2O5. The van der Waals surface area contributed by atoms with Gasteiger partial charge in [0.2, 0.25) is 0 Å². The number of para-hydroxylation sites is 2. The van der Waals surface area contributed by atoms with Crippen molar-refractivity contribution >= 4 is 23.5 Å². The minimum absolute atomic E-state index is 0.203. The molecule has 2 N–H and O–H groups in total. The van der Waals surface area contributed by atoms with E-state index in [4.69, 9.17) is 9.47 Å². The normalized spacial score (nSPS) is 12.5. The number of nitrogens with one attached hydrogen (secondary N) is 2. The van der Waals surface area contributed by atoms with Crippen molar-refractivity contribution in [2.24, 2.45) is 0 Å². The minimum atomic E-state index is -0.654. The van der Waals surface area contributed by atoms with Crippen LogP contribution in [0.15, 0.2) is 78.9 Å². The van der Waals surface area contributed by atoms with Gasteiger partial charge in [0.15, 0.2) is 6.61 Å². The van der Waals surface area contributed by atoms with Gasteiger partial charge < -0.3 is 20.1 Å². The van der Waals surface area contributed by atoms with E-state index in [9.17, 15) is 14.4 Å². The number of rotatable bonds is 8. The molecule has 7 nitrogen and oxygen atoms in total. The summed E-state index contributed by atoms with van der Waals surface area (Å²) in [6, 6.07) is 22.6. The lowest BCUT2D eigenvalue weighted by Gasteiger charge is -2.11. The summed E-state index contributed by atoms with van der Waals surface area (Å²) in [6.45, 7) is -0.485. The number of amides is 2. The Morgan fingerprint density at radius 2 is 1.56 bits per heavy atom. The standard InChI is InChI=1S/C25H22N2O5/c28-23(27-22-12-5-4-11-21(22)24(29)26-18-13-14-18)16-31-25(30)17-7-6-10-20(15-17)32-19-8-2-1-3-9-19/h1-12,15,18H,13-14,16H2,(H,26,29)(H,27,28). The lowest BCUT2D eigenvalue weighted by Crippen LogP contribution is -2.28. The molecule has 0 unspecified atom stereocenters. The maximum Gasteiger partial charge on any atom is 0.338 e. The summed E-state index contributed by atoms with van der Waals surface area (Å²) in [7, 11) is 0. The Morgan fingerprint density at radius 3 is 2.34 bits per heavy atom. The van der Waals surface area contributed by atoms with Gasteiger partial charge in [-0.1, -0.05) is 36.4 Å². The molecule has 1 saturated carbocycles. The van der Waals surface area contributed by atoms with Gasteiger partial charge >= 0.3 is 5.97 Å². The second-order valence-corrected chi connectivity index (χ2v) is 7.36. The van der Waals surface area contributed by atoms with Gasteiger partial charge in [-0.3, -0.25) is 9.59 Å². The fourth-order valence-corrected chi connectivity index (χ4v) is 2.99. The summed E-state index contributed by atoms with van der Waals surface area (Å²) >= 11 is 0. The molecule has 32 heavy (non-hydrogen) atoms. The second-order valence-electron chi connectivity index (χ2n) is 7.36. The van der Waals surface area contributed by atoms with Crippen molar-refractivity contribution in [3.8, 4) is 11.5 Å². The largest absolute Gasteiger partial charge is 0.457 e. The third kappa shape index (κ3) is 5.72. The Bertz CT molecular complexity index is 1130. The predicted octanol–water partition coefficient (Wildman–Crippen LogP) is 4.17. The number of anilines is 1. The number of benzene rings is 3. The Morgan fingerprint density at radius 1 is 0.844 bits per heavy atom. The Balaban J connectivity index is 1.33. The monoisotopic (exact) mass is 430 g/mol. The highest BCUT2D eigenvalue weighted by molar-refractivity contribution is 6.04. The van der Waals surface area contributed by atoms with Crippen molar-refractivity contribution in [3.63, 3.8) is 0 Å². The number of esters is 1. The third-order valence-electron chi connectivity index (χ3n) is 4.74. The van der Waals surface area contributed by atoms with E-state index in [2.05, 4.69) is 10.6 Å². The van der Waals surface area contributed by atoms with E-state index in [-0.39, 0.29) is 17.5 Å². The van der Waals surface area contributed by atoms with Crippen molar-refractivity contribution in [1.82, 2.24) is 5.32 Å². The van der Waals surface area contributed by atoms with Crippen LogP contribution in [0.3, 0.4) is 0 Å². The third-order valence-corrected chi connectivity index (χ3v) is 4.74. The summed E-state index contributed by atoms with van der Waals surface area (Å²) in [5.41, 5.74) is 0.991. The quantitative estimate of drug-likeness (QED) is 0.523. The molecule has 0 saturated heterocycles. The van der Waals surface area contributed by atoms with E-state index in [0.29, 0.717) is 22.7 Å². The number of hydrogen-bond donors (Lipinski definition) is 2. The summed E-state index contributed by atoms with van der Waals surface area (Å²) in [4.78, 5) is 37.1. The Labute approximate surface area is 185 Å². The number of hydrogen-bond acceptors (Lipinski definition) is 5. The van der Waals surface area contributed by atoms with Crippen LogP contribution in [0.4, 0.5) is 5.69 Å². The van der Waals surface area contributed by atoms with Crippen molar-refractivity contribution in [2.75, 3.05) is 11.9 Å². The van der Waals surface area contributed by atoms with Gasteiger partial charge in [0.05, 0.1) is 16.8 Å². The SMILES string of the molecule is O=C(COC(=O)c1cccc(Oc2ccccc2)c1)Nc1ccccc1C(=O)NC1CC1. The van der Waals surface area contributed by atoms with Crippen LogP contribution >= 0.6 is 0 Å². The molecular weight excluding hydrogens is 408 g/mol. The van der Waals surface area contributed by atoms with E-state index >= 15 is 0 Å². The van der Waals surface area contributed by atoms with Crippen LogP contribution in [0.2, 0.25) is 0 Å². The fraction of sp³-hybridized carbons (Fsp3) is 0.160. The summed E-state index contributed by atoms with van der Waals surface area (Å²) in [6.07, 6.45) is 1.93. The van der Waals surface area contributed by atoms with E-state index in [1.165, 1.54) is 0 Å². The van der Waals surface area contributed by atoms with Gasteiger partial charge in [0, 0.05) is 6.04 Å². The first-order valence-electron chi connectivity index (χ1n) is 10.3. The zero-order valence-electron chi connectivity index (χ0n) is 17.2. The minimum Gasteiger partial charge on any atom is -0.457 e. The predicted molar refractivity (Wildman–Crippen MR) is 119 cm³/mol. The Kier molecular flexibility index (Phi) is 6.46. The summed E-state index contributed by atoms with van der Waals surface area (Å²) in [5.74, 6) is -0.316. The number of carbonyl (C=O) groups excluding carboxylic acids is 3. The fourth-order valence-electron chi connectivity index (χ4n) is 2.99. The van der Waals surface area contributed by atoms with Crippen molar-refractivity contribution in [3.05, 3.63) is 90.0 Å². The first-order valence-corrected chi connectivity index (χ1v) is 10.3. The Hall–Kier alpha value is -4.13. The number of carbonyl (C=O) groups is 3. The highest BCUT2D eigenvalue weighted by Gasteiger charge is 2.25. The van der Waals surface area contributed by atoms with E-state index in [1.54, 1.807) is 60.7 Å². The van der Waals surface area contributed by atoms with Crippen LogP contribution in [0, 0.1) is 0 Å². The highest BCUT2D eigenvalue weighted by Crippen LogP contribution is 2.23. The van der Waals surface area contributed by atoms with Gasteiger partial charge in [-0.15, -0.1) is 0 Å². The van der Waals surface area contributed by atoms with Gasteiger partial charge in [0.1, 0.15) is 11.5 Å². The average Bonchev–Trinajstić information content (AvgIpc) is 3.62. The van der Waals surface area contributed by atoms with Crippen molar-refractivity contribution in [1.29, 1.82) is 0 Å². The maximum atomic E-state index is 12.4. The van der Waals surface area contributed by atoms with E-state index in [1.807, 2.05) is 18.2 Å². The van der Waals surface area contributed by atoms with Crippen LogP contribution in [-0.2, 0) is 9.53 Å². The van der Waals surface area contributed by atoms with Gasteiger partial charge in [-0.25, -0.2) is 4.79 Å². The van der Waals surface area contributed by atoms with Gasteiger partial charge in [0.25, 0.3) is 11.8 Å². The molecule has 7 heteroatoms. The lowest BCUT2D eigenvalue weighted by atomic mass is 10.1. The smallest absolute Gasteiger partial charge is 0.338 e. The van der Waals surface area contributed by atoms with Crippen molar-refractivity contribution < 1.29 is 23.9 Å². The van der Waals surface area contributed by atoms with Crippen LogP contribution in [0.1, 0.15) is 33.6 Å². The van der Waals surface area contributed by atoms with Crippen LogP contribution in [0.5, 0.6) is 11.5 Å². The van der Waals surface area contributed by atoms with E-state index in [0.717, 1.165) is 12.8 Å². The summed E-state index contributed by atoms with van der Waals surface area (Å²) in [5, 5.41) is 5.52. The molecule has 0 aliphatic heterocycles. The molecule has 4 rings (SSSR count). The molecule has 3 aromatic rings. The number of ether oxygens (including phenoxy) is 2. The molecule has 0 heterocycles. The topological polar surface area (TPSA) is 93.7 Å². The van der Waals surface area contributed by atoms with Gasteiger partial charge in [-0.05, 0) is 55.3 Å². The van der Waals surface area contributed by atoms with Crippen LogP contribution < -0.4 is 15.4 Å². The molecule has 3 aromatic carbocycles. The molecule has 2 amide bonds. The first kappa shape index (κ1) is 21.1. The van der Waals surface area contributed by atoms with Crippen LogP contribution in [0.25, 0.3) is 0 Å². The molecule has 0 bridgehead atoms. The second kappa shape index (κ2) is 9.78. The van der Waals surface area contributed by atoms with Crippen molar-refractivity contribution in [2.45, 2.75) is 18.9 Å². The summed E-state index contributed by atoms with van der Waals surface area (Å²) < 4.78 is 10.9. The molecule has 0 atom stereocenters. The molecule has 1 aliphatic carbocycles. The zero-order chi connectivity index (χ0) is 22.3. The van der Waals surface area contributed by atoms with Crippen LogP contribution in [-0.4, -0.2) is 30.4 Å².